The summed E-state index contributed by atoms with van der Waals surface area (Å²) in [6.45, 7) is 1.98. The average molecular weight is 336 g/mol. The summed E-state index contributed by atoms with van der Waals surface area (Å²) in [5, 5.41) is 8.49. The summed E-state index contributed by atoms with van der Waals surface area (Å²) in [7, 11) is 5.35. The van der Waals surface area contributed by atoms with Crippen molar-refractivity contribution in [1.82, 2.24) is 15.2 Å². The molecule has 134 valence electrons. The molecule has 0 aromatic heterocycles. The van der Waals surface area contributed by atoms with Crippen molar-refractivity contribution >= 4 is 24.7 Å². The first-order valence-corrected chi connectivity index (χ1v) is 8.29. The quantitative estimate of drug-likeness (QED) is 0.286. The lowest BCUT2D eigenvalue weighted by Crippen LogP contribution is -2.41. The molecule has 1 rings (SSSR count). The summed E-state index contributed by atoms with van der Waals surface area (Å²) in [5.41, 5.74) is 0.885. The van der Waals surface area contributed by atoms with Gasteiger partial charge in [0.15, 0.2) is 0 Å². The molecule has 0 bridgehead atoms. The molecule has 0 aliphatic carbocycles. The number of nitrogens with one attached hydrogen (secondary N) is 1. The van der Waals surface area contributed by atoms with E-state index in [1.54, 1.807) is 31.4 Å². The lowest BCUT2D eigenvalue weighted by Gasteiger charge is -2.29. The van der Waals surface area contributed by atoms with E-state index < -0.39 is 6.04 Å². The number of hydrogen-bond donors (Lipinski definition) is 1. The minimum Gasteiger partial charge on any atom is -0.357 e. The number of likely N-dealkylation sites (N-methyl/N-ethyl adjacent to an activating group) is 2. The molecular weight excluding hydrogens is 308 g/mol. The summed E-state index contributed by atoms with van der Waals surface area (Å²) in [4.78, 5) is 35.7. The molecule has 1 amide bonds. The third-order valence-electron chi connectivity index (χ3n) is 4.40. The Balaban J connectivity index is 2.79. The first-order valence-electron chi connectivity index (χ1n) is 8.29. The van der Waals surface area contributed by atoms with Crippen molar-refractivity contribution in [2.45, 2.75) is 31.7 Å². The zero-order valence-corrected chi connectivity index (χ0v) is 14.8. The number of amides is 1. The predicted molar refractivity (Wildman–Crippen MR) is 93.8 cm³/mol. The second kappa shape index (κ2) is 10.7. The van der Waals surface area contributed by atoms with Gasteiger partial charge in [-0.2, -0.15) is 5.10 Å². The molecule has 1 aliphatic rings. The monoisotopic (exact) mass is 336 g/mol. The lowest BCUT2D eigenvalue weighted by molar-refractivity contribution is -0.125. The van der Waals surface area contributed by atoms with Gasteiger partial charge in [-0.3, -0.25) is 14.6 Å². The standard InChI is InChI=1S/C17H28N4O3/c1-18-17(24)16(5-4-11-22)21(3)19-13-15(8-12-23)14-6-9-20(2)10-7-14/h8,11-14,16H,4-7,9-10H2,1-3H3,(H,18,24)/b15-8+,19-13?. The first kappa shape index (κ1) is 20.0. The Hall–Kier alpha value is -2.02. The Morgan fingerprint density at radius 1 is 1.38 bits per heavy atom. The number of allylic oxidation sites excluding steroid dienone is 2. The van der Waals surface area contributed by atoms with Gasteiger partial charge in [0, 0.05) is 20.5 Å². The van der Waals surface area contributed by atoms with Crippen LogP contribution in [0.4, 0.5) is 0 Å². The summed E-state index contributed by atoms with van der Waals surface area (Å²) in [6.07, 6.45) is 7.45. The molecule has 1 N–H and O–H groups in total. The van der Waals surface area contributed by atoms with Crippen LogP contribution in [0.2, 0.25) is 0 Å². The summed E-state index contributed by atoms with van der Waals surface area (Å²) >= 11 is 0. The van der Waals surface area contributed by atoms with Gasteiger partial charge in [0.2, 0.25) is 5.91 Å². The first-order chi connectivity index (χ1) is 11.5. The summed E-state index contributed by atoms with van der Waals surface area (Å²) in [5.74, 6) is 0.119. The van der Waals surface area contributed by atoms with Gasteiger partial charge in [0.05, 0.1) is 6.21 Å². The van der Waals surface area contributed by atoms with Crippen LogP contribution in [0.3, 0.4) is 0 Å². The van der Waals surface area contributed by atoms with Gasteiger partial charge in [-0.1, -0.05) is 0 Å². The highest BCUT2D eigenvalue weighted by Gasteiger charge is 2.22. The minimum atomic E-state index is -0.508. The molecule has 1 fully saturated rings. The van der Waals surface area contributed by atoms with Crippen molar-refractivity contribution in [3.63, 3.8) is 0 Å². The third kappa shape index (κ3) is 6.23. The molecule has 24 heavy (non-hydrogen) atoms. The van der Waals surface area contributed by atoms with E-state index in [-0.39, 0.29) is 5.91 Å². The zero-order chi connectivity index (χ0) is 17.9. The van der Waals surface area contributed by atoms with Crippen LogP contribution in [0.1, 0.15) is 25.7 Å². The van der Waals surface area contributed by atoms with Gasteiger partial charge in [-0.15, -0.1) is 0 Å². The van der Waals surface area contributed by atoms with E-state index >= 15 is 0 Å². The smallest absolute Gasteiger partial charge is 0.244 e. The van der Waals surface area contributed by atoms with Crippen LogP contribution in [0, 0.1) is 5.92 Å². The minimum absolute atomic E-state index is 0.184. The number of aldehydes is 2. The van der Waals surface area contributed by atoms with Crippen LogP contribution in [0.15, 0.2) is 16.8 Å². The van der Waals surface area contributed by atoms with E-state index in [9.17, 15) is 14.4 Å². The summed E-state index contributed by atoms with van der Waals surface area (Å²) in [6, 6.07) is -0.508. The fourth-order valence-corrected chi connectivity index (χ4v) is 2.82. The van der Waals surface area contributed by atoms with Gasteiger partial charge < -0.3 is 15.0 Å². The number of piperidine rings is 1. The number of rotatable bonds is 9. The number of hydrogen-bond acceptors (Lipinski definition) is 6. The molecule has 0 saturated carbocycles. The van der Waals surface area contributed by atoms with Crippen LogP contribution in [0.25, 0.3) is 0 Å². The van der Waals surface area contributed by atoms with Crippen molar-refractivity contribution < 1.29 is 14.4 Å². The van der Waals surface area contributed by atoms with Gasteiger partial charge >= 0.3 is 0 Å². The Kier molecular flexibility index (Phi) is 8.93. The fourth-order valence-electron chi connectivity index (χ4n) is 2.82. The van der Waals surface area contributed by atoms with E-state index in [1.165, 1.54) is 0 Å². The topological polar surface area (TPSA) is 82.1 Å². The normalized spacial score (nSPS) is 18.4. The Bertz CT molecular complexity index is 482. The molecule has 7 heteroatoms. The molecule has 1 atom stereocenters. The number of carbonyl (C=O) groups is 3. The van der Waals surface area contributed by atoms with Crippen LogP contribution < -0.4 is 5.32 Å². The molecule has 0 radical (unpaired) electrons. The maximum atomic E-state index is 11.9. The molecule has 1 aliphatic heterocycles. The molecular formula is C17H28N4O3. The van der Waals surface area contributed by atoms with Crippen molar-refractivity contribution in [3.8, 4) is 0 Å². The van der Waals surface area contributed by atoms with E-state index in [0.717, 1.165) is 44.1 Å². The van der Waals surface area contributed by atoms with Crippen molar-refractivity contribution in [2.24, 2.45) is 11.0 Å². The van der Waals surface area contributed by atoms with E-state index in [1.807, 2.05) is 0 Å². The molecule has 1 unspecified atom stereocenters. The molecule has 7 nitrogen and oxygen atoms in total. The zero-order valence-electron chi connectivity index (χ0n) is 14.8. The number of nitrogens with zero attached hydrogens (tertiary/aromatic N) is 3. The maximum absolute atomic E-state index is 11.9. The van der Waals surface area contributed by atoms with Crippen molar-refractivity contribution in [2.75, 3.05) is 34.2 Å². The van der Waals surface area contributed by atoms with E-state index in [0.29, 0.717) is 18.8 Å². The Morgan fingerprint density at radius 3 is 2.58 bits per heavy atom. The average Bonchev–Trinajstić information content (AvgIpc) is 2.59. The fraction of sp³-hybridized carbons (Fsp3) is 0.647. The number of hydrazone groups is 1. The molecule has 1 heterocycles. The van der Waals surface area contributed by atoms with E-state index in [4.69, 9.17) is 0 Å². The van der Waals surface area contributed by atoms with Gasteiger partial charge in [-0.25, -0.2) is 0 Å². The summed E-state index contributed by atoms with van der Waals surface area (Å²) < 4.78 is 0. The Morgan fingerprint density at radius 2 is 2.04 bits per heavy atom. The van der Waals surface area contributed by atoms with Crippen molar-refractivity contribution in [3.05, 3.63) is 11.6 Å². The van der Waals surface area contributed by atoms with Crippen LogP contribution in [0.5, 0.6) is 0 Å². The lowest BCUT2D eigenvalue weighted by atomic mass is 9.89. The SMILES string of the molecule is CNC(=O)C(CCC=O)N(C)N=C/C(=C\C=O)C1CCN(C)CC1. The van der Waals surface area contributed by atoms with E-state index in [2.05, 4.69) is 22.4 Å². The molecule has 1 saturated heterocycles. The maximum Gasteiger partial charge on any atom is 0.244 e. The number of carbonyl (C=O) groups excluding carboxylic acids is 3. The predicted octanol–water partition coefficient (Wildman–Crippen LogP) is 0.465. The molecule has 0 spiro atoms. The van der Waals surface area contributed by atoms with Gasteiger partial charge in [0.1, 0.15) is 18.6 Å². The number of likely N-dealkylation sites (tertiary alicyclic amines) is 1. The molecule has 0 aromatic rings. The molecule has 0 aromatic carbocycles. The highest BCUT2D eigenvalue weighted by Crippen LogP contribution is 2.23. The van der Waals surface area contributed by atoms with Gasteiger partial charge in [-0.05, 0) is 57.0 Å². The second-order valence-electron chi connectivity index (χ2n) is 6.07. The van der Waals surface area contributed by atoms with Crippen LogP contribution in [-0.2, 0) is 14.4 Å². The third-order valence-corrected chi connectivity index (χ3v) is 4.40. The van der Waals surface area contributed by atoms with Crippen LogP contribution in [-0.4, -0.2) is 74.9 Å². The van der Waals surface area contributed by atoms with Crippen molar-refractivity contribution in [1.29, 1.82) is 0 Å². The Labute approximate surface area is 143 Å². The second-order valence-corrected chi connectivity index (χ2v) is 6.07. The highest BCUT2D eigenvalue weighted by molar-refractivity contribution is 5.86. The largest absolute Gasteiger partial charge is 0.357 e. The van der Waals surface area contributed by atoms with Crippen LogP contribution >= 0.6 is 0 Å². The highest BCUT2D eigenvalue weighted by atomic mass is 16.2. The van der Waals surface area contributed by atoms with Gasteiger partial charge in [0.25, 0.3) is 0 Å².